The Balaban J connectivity index is 1.86. The van der Waals surface area contributed by atoms with Crippen molar-refractivity contribution in [1.82, 2.24) is 14.3 Å². The number of aromatic nitrogens is 2. The zero-order chi connectivity index (χ0) is 16.9. The second-order valence-corrected chi connectivity index (χ2v) is 5.80. The summed E-state index contributed by atoms with van der Waals surface area (Å²) in [5, 5.41) is 9.32. The molecule has 6 nitrogen and oxygen atoms in total. The van der Waals surface area contributed by atoms with E-state index in [0.717, 1.165) is 5.76 Å². The highest BCUT2D eigenvalue weighted by Crippen LogP contribution is 2.12. The van der Waals surface area contributed by atoms with Crippen molar-refractivity contribution in [3.8, 4) is 6.07 Å². The van der Waals surface area contributed by atoms with Crippen molar-refractivity contribution in [3.05, 3.63) is 69.6 Å². The highest BCUT2D eigenvalue weighted by atomic mass is 35.5. The third kappa shape index (κ3) is 3.82. The first-order valence-corrected chi connectivity index (χ1v) is 7.83. The maximum atomic E-state index is 12.2. The van der Waals surface area contributed by atoms with Crippen molar-refractivity contribution in [3.63, 3.8) is 0 Å². The molecule has 0 saturated heterocycles. The average Bonchev–Trinajstić information content (AvgIpc) is 3.06. The highest BCUT2D eigenvalue weighted by Gasteiger charge is 2.11. The van der Waals surface area contributed by atoms with E-state index in [0.29, 0.717) is 42.4 Å². The molecule has 24 heavy (non-hydrogen) atoms. The number of pyridine rings is 1. The number of fused-ring (bicyclic) bond motifs is 1. The van der Waals surface area contributed by atoms with Gasteiger partial charge >= 0.3 is 0 Å². The number of nitriles is 1. The topological polar surface area (TPSA) is 74.5 Å². The maximum absolute atomic E-state index is 12.2. The summed E-state index contributed by atoms with van der Waals surface area (Å²) < 4.78 is 6.78. The van der Waals surface area contributed by atoms with Gasteiger partial charge in [-0.25, -0.2) is 4.98 Å². The highest BCUT2D eigenvalue weighted by molar-refractivity contribution is 6.30. The molecular weight excluding hydrogens is 328 g/mol. The molecule has 3 aromatic heterocycles. The number of halogens is 1. The molecule has 0 bridgehead atoms. The summed E-state index contributed by atoms with van der Waals surface area (Å²) in [6, 6.07) is 10.7. The monoisotopic (exact) mass is 342 g/mol. The molecule has 0 amide bonds. The first kappa shape index (κ1) is 16.2. The van der Waals surface area contributed by atoms with E-state index in [1.54, 1.807) is 24.6 Å². The van der Waals surface area contributed by atoms with Gasteiger partial charge in [0, 0.05) is 31.8 Å². The van der Waals surface area contributed by atoms with Crippen LogP contribution in [-0.2, 0) is 13.1 Å². The minimum atomic E-state index is -0.185. The maximum Gasteiger partial charge on any atom is 0.258 e. The van der Waals surface area contributed by atoms with Gasteiger partial charge in [0.25, 0.3) is 5.56 Å². The van der Waals surface area contributed by atoms with E-state index in [1.807, 2.05) is 17.0 Å². The molecule has 0 atom stereocenters. The van der Waals surface area contributed by atoms with Gasteiger partial charge in [-0.1, -0.05) is 11.6 Å². The van der Waals surface area contributed by atoms with Gasteiger partial charge < -0.3 is 4.42 Å². The minimum absolute atomic E-state index is 0.185. The minimum Gasteiger partial charge on any atom is -0.468 e. The molecule has 0 fully saturated rings. The summed E-state index contributed by atoms with van der Waals surface area (Å²) in [7, 11) is 0. The second kappa shape index (κ2) is 7.30. The first-order valence-electron chi connectivity index (χ1n) is 7.45. The van der Waals surface area contributed by atoms with Crippen LogP contribution >= 0.6 is 11.6 Å². The SMILES string of the molecule is N#CCCN(Cc1cc(=O)n2cc(Cl)ccc2n1)Cc1ccco1. The van der Waals surface area contributed by atoms with Crippen molar-refractivity contribution < 1.29 is 4.42 Å². The Kier molecular flexibility index (Phi) is 4.94. The van der Waals surface area contributed by atoms with E-state index in [1.165, 1.54) is 10.5 Å². The van der Waals surface area contributed by atoms with Gasteiger partial charge in [0.05, 0.1) is 29.6 Å². The van der Waals surface area contributed by atoms with Gasteiger partial charge in [0.2, 0.25) is 0 Å². The zero-order valence-corrected chi connectivity index (χ0v) is 13.6. The Morgan fingerprint density at radius 2 is 2.21 bits per heavy atom. The molecular formula is C17H15ClN4O2. The standard InChI is InChI=1S/C17H15ClN4O2/c18-13-4-5-16-20-14(9-17(23)22(16)10-13)11-21(7-2-6-19)12-15-3-1-8-24-15/h1,3-5,8-10H,2,7,11-12H2. The Morgan fingerprint density at radius 1 is 1.33 bits per heavy atom. The van der Waals surface area contributed by atoms with Crippen molar-refractivity contribution >= 4 is 17.2 Å². The van der Waals surface area contributed by atoms with Crippen LogP contribution in [-0.4, -0.2) is 20.8 Å². The third-order valence-corrected chi connectivity index (χ3v) is 3.79. The molecule has 0 aliphatic rings. The molecule has 0 aromatic carbocycles. The van der Waals surface area contributed by atoms with Crippen LogP contribution in [0.3, 0.4) is 0 Å². The lowest BCUT2D eigenvalue weighted by molar-refractivity contribution is 0.238. The van der Waals surface area contributed by atoms with E-state index in [9.17, 15) is 4.79 Å². The lowest BCUT2D eigenvalue weighted by Gasteiger charge is -2.19. The molecule has 7 heteroatoms. The van der Waals surface area contributed by atoms with E-state index >= 15 is 0 Å². The summed E-state index contributed by atoms with van der Waals surface area (Å²) in [5.74, 6) is 0.803. The normalized spacial score (nSPS) is 11.0. The van der Waals surface area contributed by atoms with Crippen LogP contribution in [0, 0.1) is 11.3 Å². The van der Waals surface area contributed by atoms with Crippen LogP contribution in [0.2, 0.25) is 5.02 Å². The van der Waals surface area contributed by atoms with E-state index < -0.39 is 0 Å². The predicted molar refractivity (Wildman–Crippen MR) is 89.5 cm³/mol. The number of hydrogen-bond donors (Lipinski definition) is 0. The Morgan fingerprint density at radius 3 is 2.96 bits per heavy atom. The van der Waals surface area contributed by atoms with Gasteiger partial charge in [0.15, 0.2) is 0 Å². The van der Waals surface area contributed by atoms with E-state index in [-0.39, 0.29) is 5.56 Å². The molecule has 0 unspecified atom stereocenters. The van der Waals surface area contributed by atoms with Gasteiger partial charge in [-0.2, -0.15) is 5.26 Å². The average molecular weight is 343 g/mol. The molecule has 3 heterocycles. The van der Waals surface area contributed by atoms with Crippen LogP contribution in [0.4, 0.5) is 0 Å². The summed E-state index contributed by atoms with van der Waals surface area (Å²) in [6.07, 6.45) is 3.55. The third-order valence-electron chi connectivity index (χ3n) is 3.56. The fraction of sp³-hybridized carbons (Fsp3) is 0.235. The molecule has 0 aliphatic heterocycles. The predicted octanol–water partition coefficient (Wildman–Crippen LogP) is 2.86. The van der Waals surface area contributed by atoms with Crippen LogP contribution in [0.15, 0.2) is 52.0 Å². The van der Waals surface area contributed by atoms with Crippen molar-refractivity contribution in [1.29, 1.82) is 5.26 Å². The fourth-order valence-corrected chi connectivity index (χ4v) is 2.64. The van der Waals surface area contributed by atoms with Crippen LogP contribution < -0.4 is 5.56 Å². The molecule has 0 saturated carbocycles. The Hall–Kier alpha value is -2.62. The largest absolute Gasteiger partial charge is 0.468 e. The van der Waals surface area contributed by atoms with E-state index in [2.05, 4.69) is 11.1 Å². The van der Waals surface area contributed by atoms with Crippen LogP contribution in [0.5, 0.6) is 0 Å². The lowest BCUT2D eigenvalue weighted by Crippen LogP contribution is -2.26. The van der Waals surface area contributed by atoms with Crippen LogP contribution in [0.1, 0.15) is 17.9 Å². The van der Waals surface area contributed by atoms with Crippen LogP contribution in [0.25, 0.3) is 5.65 Å². The van der Waals surface area contributed by atoms with Gasteiger partial charge in [0.1, 0.15) is 11.4 Å². The Labute approximate surface area is 143 Å². The molecule has 122 valence electrons. The molecule has 0 N–H and O–H groups in total. The fourth-order valence-electron chi connectivity index (χ4n) is 2.48. The van der Waals surface area contributed by atoms with Gasteiger partial charge in [-0.05, 0) is 24.3 Å². The molecule has 0 spiro atoms. The van der Waals surface area contributed by atoms with Crippen molar-refractivity contribution in [2.24, 2.45) is 0 Å². The van der Waals surface area contributed by atoms with E-state index in [4.69, 9.17) is 21.3 Å². The number of hydrogen-bond acceptors (Lipinski definition) is 5. The summed E-state index contributed by atoms with van der Waals surface area (Å²) >= 11 is 5.91. The molecule has 3 aromatic rings. The Bertz CT molecular complexity index is 928. The van der Waals surface area contributed by atoms with Crippen molar-refractivity contribution in [2.75, 3.05) is 6.54 Å². The number of rotatable bonds is 6. The smallest absolute Gasteiger partial charge is 0.258 e. The first-order chi connectivity index (χ1) is 11.7. The molecule has 3 rings (SSSR count). The summed E-state index contributed by atoms with van der Waals surface area (Å²) in [5.41, 5.74) is 1.00. The van der Waals surface area contributed by atoms with Gasteiger partial charge in [-0.3, -0.25) is 14.1 Å². The quantitative estimate of drug-likeness (QED) is 0.688. The zero-order valence-electron chi connectivity index (χ0n) is 12.9. The molecule has 0 radical (unpaired) electrons. The summed E-state index contributed by atoms with van der Waals surface area (Å²) in [4.78, 5) is 18.8. The van der Waals surface area contributed by atoms with Gasteiger partial charge in [-0.15, -0.1) is 0 Å². The lowest BCUT2D eigenvalue weighted by atomic mass is 10.3. The molecule has 0 aliphatic carbocycles. The summed E-state index contributed by atoms with van der Waals surface area (Å²) in [6.45, 7) is 1.58. The second-order valence-electron chi connectivity index (χ2n) is 5.36. The number of furan rings is 1. The van der Waals surface area contributed by atoms with Crippen molar-refractivity contribution in [2.45, 2.75) is 19.5 Å². The number of nitrogens with zero attached hydrogens (tertiary/aromatic N) is 4.